The van der Waals surface area contributed by atoms with Crippen molar-refractivity contribution in [1.82, 2.24) is 0 Å². The zero-order valence-corrected chi connectivity index (χ0v) is 24.3. The molecular formula is C32H48O5. The molecule has 6 aliphatic rings. The molecule has 1 spiro atoms. The summed E-state index contributed by atoms with van der Waals surface area (Å²) in [6.45, 7) is 17.9. The minimum atomic E-state index is -0.855. The van der Waals surface area contributed by atoms with E-state index in [1.54, 1.807) is 0 Å². The van der Waals surface area contributed by atoms with Crippen LogP contribution in [0.2, 0.25) is 0 Å². The lowest BCUT2D eigenvalue weighted by Gasteiger charge is -2.71. The van der Waals surface area contributed by atoms with Crippen molar-refractivity contribution in [3.63, 3.8) is 0 Å². The van der Waals surface area contributed by atoms with Crippen LogP contribution in [0, 0.1) is 44.3 Å². The van der Waals surface area contributed by atoms with Gasteiger partial charge in [-0.1, -0.05) is 60.1 Å². The van der Waals surface area contributed by atoms with Gasteiger partial charge in [0, 0.05) is 23.7 Å². The van der Waals surface area contributed by atoms with E-state index in [4.69, 9.17) is 9.47 Å². The van der Waals surface area contributed by atoms with E-state index < -0.39 is 17.1 Å². The second-order valence-electron chi connectivity index (χ2n) is 15.9. The molecule has 4 saturated carbocycles. The summed E-state index contributed by atoms with van der Waals surface area (Å²) < 4.78 is 12.5. The minimum Gasteiger partial charge on any atom is -0.462 e. The number of rotatable bonds is 1. The molecule has 1 unspecified atom stereocenters. The third-order valence-electron chi connectivity index (χ3n) is 13.6. The summed E-state index contributed by atoms with van der Waals surface area (Å²) in [5.41, 5.74) is -0.520. The smallest absolute Gasteiger partial charge is 0.313 e. The van der Waals surface area contributed by atoms with Crippen LogP contribution in [-0.4, -0.2) is 34.9 Å². The van der Waals surface area contributed by atoms with Gasteiger partial charge in [0.25, 0.3) is 0 Å². The number of hydrogen-bond donors (Lipinski definition) is 1. The van der Waals surface area contributed by atoms with E-state index in [2.05, 4.69) is 54.5 Å². The minimum absolute atomic E-state index is 0.0425. The van der Waals surface area contributed by atoms with Gasteiger partial charge in [-0.05, 0) is 80.0 Å². The van der Waals surface area contributed by atoms with Gasteiger partial charge >= 0.3 is 11.9 Å². The highest BCUT2D eigenvalue weighted by Gasteiger charge is 2.82. The Hall–Kier alpha value is -1.36. The highest BCUT2D eigenvalue weighted by atomic mass is 16.6. The van der Waals surface area contributed by atoms with Crippen LogP contribution in [0.3, 0.4) is 0 Å². The van der Waals surface area contributed by atoms with Gasteiger partial charge in [-0.15, -0.1) is 0 Å². The molecule has 1 saturated heterocycles. The first-order valence-electron chi connectivity index (χ1n) is 14.8. The van der Waals surface area contributed by atoms with Crippen molar-refractivity contribution in [1.29, 1.82) is 0 Å². The monoisotopic (exact) mass is 512 g/mol. The number of aliphatic hydroxyl groups is 1. The van der Waals surface area contributed by atoms with Crippen LogP contribution in [0.15, 0.2) is 11.6 Å². The van der Waals surface area contributed by atoms with E-state index >= 15 is 0 Å². The fraction of sp³-hybridized carbons (Fsp3) is 0.875. The highest BCUT2D eigenvalue weighted by Crippen LogP contribution is 2.79. The molecule has 6 rings (SSSR count). The number of aliphatic hydroxyl groups excluding tert-OH is 1. The van der Waals surface area contributed by atoms with Crippen LogP contribution in [0.5, 0.6) is 0 Å². The van der Waals surface area contributed by atoms with Gasteiger partial charge in [0.15, 0.2) is 5.60 Å². The lowest BCUT2D eigenvalue weighted by Crippen LogP contribution is -2.73. The van der Waals surface area contributed by atoms with E-state index in [1.807, 2.05) is 0 Å². The summed E-state index contributed by atoms with van der Waals surface area (Å²) in [6, 6.07) is 0. The fourth-order valence-electron chi connectivity index (χ4n) is 11.5. The normalized spacial score (nSPS) is 53.0. The largest absolute Gasteiger partial charge is 0.462 e. The first kappa shape index (κ1) is 25.9. The Kier molecular flexibility index (Phi) is 5.06. The van der Waals surface area contributed by atoms with Gasteiger partial charge in [0.2, 0.25) is 0 Å². The predicted octanol–water partition coefficient (Wildman–Crippen LogP) is 6.37. The molecule has 5 fully saturated rings. The van der Waals surface area contributed by atoms with Crippen molar-refractivity contribution in [2.75, 3.05) is 0 Å². The molecule has 5 aliphatic carbocycles. The Bertz CT molecular complexity index is 1090. The maximum atomic E-state index is 13.7. The second-order valence-corrected chi connectivity index (χ2v) is 15.9. The van der Waals surface area contributed by atoms with Gasteiger partial charge in [-0.2, -0.15) is 0 Å². The number of fused-ring (bicyclic) bond motifs is 4. The molecule has 5 heteroatoms. The number of carbonyl (C=O) groups excluding carboxylic acids is 2. The van der Waals surface area contributed by atoms with Crippen molar-refractivity contribution in [3.05, 3.63) is 11.6 Å². The molecule has 37 heavy (non-hydrogen) atoms. The Balaban J connectivity index is 1.49. The average Bonchev–Trinajstić information content (AvgIpc) is 2.97. The maximum absolute atomic E-state index is 13.7. The molecular weight excluding hydrogens is 464 g/mol. The molecule has 1 N–H and O–H groups in total. The molecule has 5 nitrogen and oxygen atoms in total. The fourth-order valence-corrected chi connectivity index (χ4v) is 11.5. The van der Waals surface area contributed by atoms with Gasteiger partial charge in [0.1, 0.15) is 12.2 Å². The van der Waals surface area contributed by atoms with Crippen molar-refractivity contribution >= 4 is 11.9 Å². The Morgan fingerprint density at radius 2 is 1.62 bits per heavy atom. The summed E-state index contributed by atoms with van der Waals surface area (Å²) in [5.74, 6) is 0.165. The van der Waals surface area contributed by atoms with E-state index in [1.165, 1.54) is 12.5 Å². The molecule has 0 aromatic carbocycles. The number of esters is 2. The Labute approximate surface area is 223 Å². The summed E-state index contributed by atoms with van der Waals surface area (Å²) in [7, 11) is 0. The number of hydrogen-bond acceptors (Lipinski definition) is 5. The molecule has 1 aliphatic heterocycles. The third kappa shape index (κ3) is 2.81. The number of carbonyl (C=O) groups is 2. The number of allylic oxidation sites excluding steroid dienone is 1. The lowest BCUT2D eigenvalue weighted by molar-refractivity contribution is -0.248. The van der Waals surface area contributed by atoms with Crippen LogP contribution in [0.25, 0.3) is 0 Å². The topological polar surface area (TPSA) is 72.8 Å². The molecule has 0 amide bonds. The van der Waals surface area contributed by atoms with Crippen molar-refractivity contribution in [2.45, 2.75) is 131 Å². The summed E-state index contributed by atoms with van der Waals surface area (Å²) in [5, 5.41) is 12.2. The van der Waals surface area contributed by atoms with Gasteiger partial charge in [-0.3, -0.25) is 9.59 Å². The van der Waals surface area contributed by atoms with Crippen molar-refractivity contribution in [3.8, 4) is 0 Å². The van der Waals surface area contributed by atoms with Gasteiger partial charge < -0.3 is 14.6 Å². The number of ether oxygens (including phenoxy) is 2. The van der Waals surface area contributed by atoms with Crippen LogP contribution < -0.4 is 0 Å². The predicted molar refractivity (Wildman–Crippen MR) is 141 cm³/mol. The summed E-state index contributed by atoms with van der Waals surface area (Å²) in [4.78, 5) is 25.6. The SMILES string of the molecule is CC(=O)O[C@H]1CC[C@]2(C)C3=C[C@H](O)[C@]45OC(=O)[C@@]6(CCC(C)(C)C[C@H]64)CC[C@@]5(C)[C@]3(C)CCC2C1(C)C. The Morgan fingerprint density at radius 3 is 2.30 bits per heavy atom. The lowest BCUT2D eigenvalue weighted by atomic mass is 9.33. The van der Waals surface area contributed by atoms with Gasteiger partial charge in [-0.25, -0.2) is 0 Å². The van der Waals surface area contributed by atoms with E-state index in [-0.39, 0.29) is 51.0 Å². The van der Waals surface area contributed by atoms with Gasteiger partial charge in [0.05, 0.1) is 5.41 Å². The highest BCUT2D eigenvalue weighted by molar-refractivity contribution is 5.82. The first-order valence-corrected chi connectivity index (χ1v) is 14.8. The molecule has 1 heterocycles. The van der Waals surface area contributed by atoms with Crippen LogP contribution >= 0.6 is 0 Å². The summed E-state index contributed by atoms with van der Waals surface area (Å²) in [6.07, 6.45) is 9.75. The second kappa shape index (κ2) is 7.23. The average molecular weight is 513 g/mol. The molecule has 206 valence electrons. The van der Waals surface area contributed by atoms with Crippen molar-refractivity contribution < 1.29 is 24.2 Å². The third-order valence-corrected chi connectivity index (χ3v) is 13.6. The zero-order chi connectivity index (χ0) is 27.0. The first-order chi connectivity index (χ1) is 17.0. The molecule has 0 aromatic heterocycles. The van der Waals surface area contributed by atoms with E-state index in [0.29, 0.717) is 5.92 Å². The Morgan fingerprint density at radius 1 is 0.946 bits per heavy atom. The quantitative estimate of drug-likeness (QED) is 0.326. The molecule has 2 bridgehead atoms. The van der Waals surface area contributed by atoms with Crippen LogP contribution in [0.1, 0.15) is 113 Å². The zero-order valence-electron chi connectivity index (χ0n) is 24.3. The van der Waals surface area contributed by atoms with Crippen LogP contribution in [-0.2, 0) is 19.1 Å². The standard InChI is InChI=1S/C32H48O5/c1-19(33)36-24-10-11-28(6)20(27(24,4)5)9-12-29(7)21(28)17-23(34)32-22-18-26(2,3)13-15-31(22,25(35)37-32)16-14-30(29,32)8/h17,20,22-24,34H,9-16,18H2,1-8H3/t20?,22-,23+,24+,28+,29-,30+,31+,32-/m1/s1. The molecule has 0 aromatic rings. The molecule has 0 radical (unpaired) electrons. The van der Waals surface area contributed by atoms with E-state index in [0.717, 1.165) is 57.8 Å². The molecule has 9 atom stereocenters. The summed E-state index contributed by atoms with van der Waals surface area (Å²) >= 11 is 0. The van der Waals surface area contributed by atoms with Crippen LogP contribution in [0.4, 0.5) is 0 Å². The van der Waals surface area contributed by atoms with E-state index in [9.17, 15) is 14.7 Å². The maximum Gasteiger partial charge on any atom is 0.313 e. The van der Waals surface area contributed by atoms with Crippen molar-refractivity contribution in [2.24, 2.45) is 44.3 Å².